The number of hydrogen-bond acceptors (Lipinski definition) is 3. The number of halogens is 1. The maximum atomic E-state index is 13.6. The Hall–Kier alpha value is -3.39. The number of aromatic amines is 1. The first-order valence-electron chi connectivity index (χ1n) is 6.82. The van der Waals surface area contributed by atoms with Crippen molar-refractivity contribution in [1.82, 2.24) is 4.98 Å². The zero-order valence-electron chi connectivity index (χ0n) is 11.9. The van der Waals surface area contributed by atoms with Crippen LogP contribution in [-0.2, 0) is 0 Å². The monoisotopic (exact) mass is 306 g/mol. The number of hydrogen-bond donors (Lipinski definition) is 2. The van der Waals surface area contributed by atoms with E-state index in [9.17, 15) is 14.3 Å². The minimum atomic E-state index is -0.592. The molecule has 112 valence electrons. The minimum absolute atomic E-state index is 0.0523. The smallest absolute Gasteiger partial charge is 0.266 e. The van der Waals surface area contributed by atoms with Crippen molar-refractivity contribution in [3.05, 3.63) is 76.3 Å². The number of aromatic nitrogens is 1. The molecule has 3 aromatic rings. The highest BCUT2D eigenvalue weighted by molar-refractivity contribution is 5.83. The lowest BCUT2D eigenvalue weighted by molar-refractivity contribution is 0.475. The topological polar surface area (TPSA) is 76.9 Å². The fourth-order valence-electron chi connectivity index (χ4n) is 2.38. The first-order chi connectivity index (χ1) is 11.1. The van der Waals surface area contributed by atoms with Gasteiger partial charge in [0.05, 0.1) is 5.69 Å². The summed E-state index contributed by atoms with van der Waals surface area (Å²) in [7, 11) is 0. The molecule has 2 N–H and O–H groups in total. The number of aromatic hydroxyl groups is 1. The number of phenolic OH excluding ortho intramolecular Hbond substituents is 1. The first-order valence-corrected chi connectivity index (χ1v) is 6.82. The second-order valence-electron chi connectivity index (χ2n) is 4.94. The number of pyridine rings is 1. The van der Waals surface area contributed by atoms with Crippen LogP contribution in [-0.4, -0.2) is 10.1 Å². The molecule has 0 aliphatic heterocycles. The number of rotatable bonds is 2. The molecule has 0 atom stereocenters. The summed E-state index contributed by atoms with van der Waals surface area (Å²) in [5.41, 5.74) is 1.04. The summed E-state index contributed by atoms with van der Waals surface area (Å²) in [5.74, 6) is -0.703. The third-order valence-corrected chi connectivity index (χ3v) is 3.47. The molecule has 5 heteroatoms. The second kappa shape index (κ2) is 5.78. The summed E-state index contributed by atoms with van der Waals surface area (Å²) in [6.45, 7) is 0. The minimum Gasteiger partial charge on any atom is -0.507 e. The summed E-state index contributed by atoms with van der Waals surface area (Å²) in [6.07, 6.45) is 0. The van der Waals surface area contributed by atoms with Crippen molar-refractivity contribution >= 4 is 0 Å². The van der Waals surface area contributed by atoms with Gasteiger partial charge in [-0.05, 0) is 29.8 Å². The summed E-state index contributed by atoms with van der Waals surface area (Å²) in [4.78, 5) is 14.5. The van der Waals surface area contributed by atoms with E-state index in [4.69, 9.17) is 5.26 Å². The Kier molecular flexibility index (Phi) is 3.65. The zero-order chi connectivity index (χ0) is 16.4. The molecule has 0 saturated carbocycles. The number of nitrogens with zero attached hydrogens (tertiary/aromatic N) is 1. The highest BCUT2D eigenvalue weighted by atomic mass is 19.1. The molecule has 0 saturated heterocycles. The van der Waals surface area contributed by atoms with E-state index in [1.165, 1.54) is 12.1 Å². The van der Waals surface area contributed by atoms with Crippen LogP contribution in [0.1, 0.15) is 5.56 Å². The van der Waals surface area contributed by atoms with E-state index in [1.54, 1.807) is 12.1 Å². The Bertz CT molecular complexity index is 973. The van der Waals surface area contributed by atoms with Crippen molar-refractivity contribution in [2.75, 3.05) is 0 Å². The summed E-state index contributed by atoms with van der Waals surface area (Å²) < 4.78 is 13.6. The van der Waals surface area contributed by atoms with Crippen molar-refractivity contribution < 1.29 is 9.50 Å². The van der Waals surface area contributed by atoms with Gasteiger partial charge in [0.1, 0.15) is 23.2 Å². The van der Waals surface area contributed by atoms with E-state index in [0.717, 1.165) is 17.7 Å². The summed E-state index contributed by atoms with van der Waals surface area (Å²) in [5, 5.41) is 19.1. The lowest BCUT2D eigenvalue weighted by Crippen LogP contribution is -2.12. The molecule has 0 radical (unpaired) electrons. The van der Waals surface area contributed by atoms with Crippen LogP contribution in [0.2, 0.25) is 0 Å². The standard InChI is InChI=1S/C18H11FN2O2/c19-13-6-7-16(22)15(9-13)17-14(11-4-2-1-3-5-11)8-12(10-20)18(23)21-17/h1-9,22H,(H,21,23). The van der Waals surface area contributed by atoms with E-state index in [2.05, 4.69) is 4.98 Å². The van der Waals surface area contributed by atoms with Gasteiger partial charge in [0.15, 0.2) is 0 Å². The Balaban J connectivity index is 2.36. The van der Waals surface area contributed by atoms with Crippen molar-refractivity contribution in [2.24, 2.45) is 0 Å². The van der Waals surface area contributed by atoms with Crippen LogP contribution >= 0.6 is 0 Å². The Morgan fingerprint density at radius 1 is 1.04 bits per heavy atom. The first kappa shape index (κ1) is 14.5. The van der Waals surface area contributed by atoms with Gasteiger partial charge >= 0.3 is 0 Å². The van der Waals surface area contributed by atoms with Gasteiger partial charge in [-0.2, -0.15) is 5.26 Å². The van der Waals surface area contributed by atoms with Gasteiger partial charge in [0.2, 0.25) is 0 Å². The molecule has 2 aromatic carbocycles. The Morgan fingerprint density at radius 3 is 2.48 bits per heavy atom. The lowest BCUT2D eigenvalue weighted by Gasteiger charge is -2.12. The number of nitrogens with one attached hydrogen (secondary N) is 1. The van der Waals surface area contributed by atoms with E-state index in [0.29, 0.717) is 5.56 Å². The van der Waals surface area contributed by atoms with Crippen molar-refractivity contribution in [1.29, 1.82) is 5.26 Å². The van der Waals surface area contributed by atoms with Gasteiger partial charge in [0, 0.05) is 11.1 Å². The molecule has 0 aliphatic carbocycles. The van der Waals surface area contributed by atoms with Crippen LogP contribution in [0, 0.1) is 17.1 Å². The average Bonchev–Trinajstić information content (AvgIpc) is 2.57. The molecule has 0 aliphatic rings. The number of H-pyrrole nitrogens is 1. The lowest BCUT2D eigenvalue weighted by atomic mass is 9.97. The summed E-state index contributed by atoms with van der Waals surface area (Å²) >= 11 is 0. The predicted molar refractivity (Wildman–Crippen MR) is 84.3 cm³/mol. The van der Waals surface area contributed by atoms with E-state index >= 15 is 0 Å². The van der Waals surface area contributed by atoms with Gasteiger partial charge in [0.25, 0.3) is 5.56 Å². The zero-order valence-corrected chi connectivity index (χ0v) is 11.9. The largest absolute Gasteiger partial charge is 0.507 e. The van der Waals surface area contributed by atoms with Crippen LogP contribution in [0.3, 0.4) is 0 Å². The van der Waals surface area contributed by atoms with Gasteiger partial charge in [-0.3, -0.25) is 4.79 Å². The number of phenols is 1. The Labute approximate surface area is 131 Å². The molecule has 1 aromatic heterocycles. The highest BCUT2D eigenvalue weighted by Crippen LogP contribution is 2.35. The molecule has 0 fully saturated rings. The quantitative estimate of drug-likeness (QED) is 0.761. The van der Waals surface area contributed by atoms with Gasteiger partial charge in [-0.15, -0.1) is 0 Å². The van der Waals surface area contributed by atoms with Gasteiger partial charge < -0.3 is 10.1 Å². The molecule has 4 nitrogen and oxygen atoms in total. The Morgan fingerprint density at radius 2 is 1.78 bits per heavy atom. The summed E-state index contributed by atoms with van der Waals surface area (Å²) in [6, 6.07) is 15.8. The highest BCUT2D eigenvalue weighted by Gasteiger charge is 2.15. The number of nitriles is 1. The second-order valence-corrected chi connectivity index (χ2v) is 4.94. The van der Waals surface area contributed by atoms with Crippen molar-refractivity contribution in [2.45, 2.75) is 0 Å². The number of benzene rings is 2. The van der Waals surface area contributed by atoms with Crippen LogP contribution in [0.15, 0.2) is 59.4 Å². The molecule has 23 heavy (non-hydrogen) atoms. The molecule has 3 rings (SSSR count). The fraction of sp³-hybridized carbons (Fsp3) is 0. The normalized spacial score (nSPS) is 10.3. The van der Waals surface area contributed by atoms with Gasteiger partial charge in [-0.1, -0.05) is 30.3 Å². The predicted octanol–water partition coefficient (Wildman–Crippen LogP) is 3.43. The van der Waals surface area contributed by atoms with Crippen LogP contribution < -0.4 is 5.56 Å². The SMILES string of the molecule is N#Cc1cc(-c2ccccc2)c(-c2cc(F)ccc2O)[nH]c1=O. The van der Waals surface area contributed by atoms with E-state index < -0.39 is 11.4 Å². The molecule has 1 heterocycles. The fourth-order valence-corrected chi connectivity index (χ4v) is 2.38. The van der Waals surface area contributed by atoms with Crippen molar-refractivity contribution in [3.63, 3.8) is 0 Å². The maximum absolute atomic E-state index is 13.6. The molecule has 0 bridgehead atoms. The van der Waals surface area contributed by atoms with Crippen LogP contribution in [0.4, 0.5) is 4.39 Å². The third-order valence-electron chi connectivity index (χ3n) is 3.47. The molecule has 0 unspecified atom stereocenters. The van der Waals surface area contributed by atoms with E-state index in [-0.39, 0.29) is 22.6 Å². The molecule has 0 spiro atoms. The van der Waals surface area contributed by atoms with Crippen LogP contribution in [0.25, 0.3) is 22.4 Å². The maximum Gasteiger partial charge on any atom is 0.266 e. The molecule has 0 amide bonds. The average molecular weight is 306 g/mol. The van der Waals surface area contributed by atoms with Crippen molar-refractivity contribution in [3.8, 4) is 34.2 Å². The molecular formula is C18H11FN2O2. The van der Waals surface area contributed by atoms with E-state index in [1.807, 2.05) is 24.3 Å². The third kappa shape index (κ3) is 2.70. The van der Waals surface area contributed by atoms with Crippen LogP contribution in [0.5, 0.6) is 5.75 Å². The molecular weight excluding hydrogens is 295 g/mol. The van der Waals surface area contributed by atoms with Gasteiger partial charge in [-0.25, -0.2) is 4.39 Å².